The highest BCUT2D eigenvalue weighted by Crippen LogP contribution is 2.11. The molecule has 2 aromatic carbocycles. The molecule has 0 aliphatic rings. The second kappa shape index (κ2) is 8.11. The number of carbonyl (C=O) groups is 2. The van der Waals surface area contributed by atoms with Crippen LogP contribution < -0.4 is 5.32 Å². The third kappa shape index (κ3) is 5.39. The van der Waals surface area contributed by atoms with Crippen LogP contribution in [0.1, 0.15) is 23.6 Å². The van der Waals surface area contributed by atoms with Gasteiger partial charge in [-0.15, -0.1) is 0 Å². The van der Waals surface area contributed by atoms with Crippen molar-refractivity contribution in [2.45, 2.75) is 26.9 Å². The number of benzene rings is 2. The van der Waals surface area contributed by atoms with Crippen molar-refractivity contribution in [1.29, 1.82) is 0 Å². The van der Waals surface area contributed by atoms with E-state index in [1.54, 1.807) is 19.1 Å². The molecule has 0 aliphatic carbocycles. The lowest BCUT2D eigenvalue weighted by molar-refractivity contribution is -0.148. The van der Waals surface area contributed by atoms with Crippen molar-refractivity contribution in [3.63, 3.8) is 0 Å². The van der Waals surface area contributed by atoms with Gasteiger partial charge in [0.05, 0.1) is 0 Å². The van der Waals surface area contributed by atoms with Gasteiger partial charge in [0.2, 0.25) is 0 Å². The molecule has 124 valence electrons. The summed E-state index contributed by atoms with van der Waals surface area (Å²) >= 11 is 0. The summed E-state index contributed by atoms with van der Waals surface area (Å²) in [4.78, 5) is 23.9. The molecule has 0 saturated heterocycles. The number of esters is 1. The number of anilines is 1. The lowest BCUT2D eigenvalue weighted by Gasteiger charge is -2.12. The first kappa shape index (κ1) is 17.5. The van der Waals surface area contributed by atoms with Crippen LogP contribution in [0.15, 0.2) is 54.6 Å². The average molecular weight is 323 g/mol. The van der Waals surface area contributed by atoms with Crippen molar-refractivity contribution in [2.24, 2.45) is 0 Å². The van der Waals surface area contributed by atoms with Crippen molar-refractivity contribution < 1.29 is 14.3 Å². The zero-order valence-electron chi connectivity index (χ0n) is 14.1. The number of nitrogens with one attached hydrogen (secondary N) is 1. The van der Waals surface area contributed by atoms with Crippen molar-refractivity contribution in [2.75, 3.05) is 5.32 Å². The van der Waals surface area contributed by atoms with Gasteiger partial charge in [-0.3, -0.25) is 4.79 Å². The van der Waals surface area contributed by atoms with Crippen LogP contribution in [0, 0.1) is 13.8 Å². The summed E-state index contributed by atoms with van der Waals surface area (Å²) in [5.74, 6) is -0.915. The summed E-state index contributed by atoms with van der Waals surface area (Å²) < 4.78 is 5.13. The van der Waals surface area contributed by atoms with E-state index in [2.05, 4.69) is 5.32 Å². The predicted molar refractivity (Wildman–Crippen MR) is 95.6 cm³/mol. The van der Waals surface area contributed by atoms with E-state index in [1.807, 2.05) is 56.3 Å². The Morgan fingerprint density at radius 2 is 1.71 bits per heavy atom. The number of aryl methyl sites for hydroxylation is 2. The largest absolute Gasteiger partial charge is 0.449 e. The molecule has 0 spiro atoms. The maximum absolute atomic E-state index is 12.1. The molecule has 4 nitrogen and oxygen atoms in total. The lowest BCUT2D eigenvalue weighted by atomic mass is 10.1. The molecule has 1 atom stereocenters. The quantitative estimate of drug-likeness (QED) is 0.671. The maximum atomic E-state index is 12.1. The van der Waals surface area contributed by atoms with E-state index in [0.717, 1.165) is 16.7 Å². The first-order chi connectivity index (χ1) is 11.4. The molecular weight excluding hydrogens is 302 g/mol. The molecule has 0 bridgehead atoms. The first-order valence-corrected chi connectivity index (χ1v) is 7.77. The Morgan fingerprint density at radius 1 is 1.04 bits per heavy atom. The number of carbonyl (C=O) groups excluding carboxylic acids is 2. The fraction of sp³-hybridized carbons (Fsp3) is 0.200. The zero-order valence-corrected chi connectivity index (χ0v) is 14.1. The van der Waals surface area contributed by atoms with Crippen molar-refractivity contribution >= 4 is 23.6 Å². The van der Waals surface area contributed by atoms with E-state index in [0.29, 0.717) is 5.69 Å². The van der Waals surface area contributed by atoms with Gasteiger partial charge in [0.25, 0.3) is 5.91 Å². The molecule has 0 heterocycles. The van der Waals surface area contributed by atoms with Gasteiger partial charge in [-0.05, 0) is 50.1 Å². The van der Waals surface area contributed by atoms with Gasteiger partial charge in [-0.2, -0.15) is 0 Å². The third-order valence-corrected chi connectivity index (χ3v) is 3.40. The van der Waals surface area contributed by atoms with E-state index in [1.165, 1.54) is 6.08 Å². The molecule has 24 heavy (non-hydrogen) atoms. The van der Waals surface area contributed by atoms with Crippen LogP contribution in [0.3, 0.4) is 0 Å². The maximum Gasteiger partial charge on any atom is 0.331 e. The standard InChI is InChI=1S/C20H21NO3/c1-14-6-4-8-17(12-14)10-11-19(22)24-16(3)20(23)21-18-9-5-7-15(2)13-18/h4-13,16H,1-3H3,(H,21,23)/b11-10+/t16-/m1/s1. The summed E-state index contributed by atoms with van der Waals surface area (Å²) in [6, 6.07) is 15.2. The van der Waals surface area contributed by atoms with Gasteiger partial charge < -0.3 is 10.1 Å². The Hall–Kier alpha value is -2.88. The highest BCUT2D eigenvalue weighted by Gasteiger charge is 2.16. The molecule has 0 fully saturated rings. The number of amides is 1. The normalized spacial score (nSPS) is 12.0. The second-order valence-corrected chi connectivity index (χ2v) is 5.69. The van der Waals surface area contributed by atoms with E-state index in [9.17, 15) is 9.59 Å². The van der Waals surface area contributed by atoms with Gasteiger partial charge in [0.15, 0.2) is 6.10 Å². The first-order valence-electron chi connectivity index (χ1n) is 7.77. The molecule has 0 saturated carbocycles. The van der Waals surface area contributed by atoms with Crippen molar-refractivity contribution in [3.05, 3.63) is 71.3 Å². The van der Waals surface area contributed by atoms with E-state index < -0.39 is 12.1 Å². The minimum absolute atomic E-state index is 0.363. The van der Waals surface area contributed by atoms with E-state index >= 15 is 0 Å². The number of hydrogen-bond acceptors (Lipinski definition) is 3. The van der Waals surface area contributed by atoms with Gasteiger partial charge >= 0.3 is 5.97 Å². The van der Waals surface area contributed by atoms with Crippen molar-refractivity contribution in [3.8, 4) is 0 Å². The molecule has 2 rings (SSSR count). The molecule has 1 N–H and O–H groups in total. The SMILES string of the molecule is Cc1cccc(/C=C/C(=O)O[C@H](C)C(=O)Nc2cccc(C)c2)c1. The van der Waals surface area contributed by atoms with Gasteiger partial charge in [-0.1, -0.05) is 42.0 Å². The molecule has 1 amide bonds. The number of ether oxygens (including phenoxy) is 1. The minimum atomic E-state index is -0.875. The Kier molecular flexibility index (Phi) is 5.90. The number of hydrogen-bond donors (Lipinski definition) is 1. The number of rotatable bonds is 5. The Balaban J connectivity index is 1.89. The summed E-state index contributed by atoms with van der Waals surface area (Å²) in [6.45, 7) is 5.46. The summed E-state index contributed by atoms with van der Waals surface area (Å²) in [5, 5.41) is 2.73. The van der Waals surface area contributed by atoms with Crippen LogP contribution in [0.25, 0.3) is 6.08 Å². The molecule has 2 aromatic rings. The van der Waals surface area contributed by atoms with Gasteiger partial charge in [-0.25, -0.2) is 4.79 Å². The topological polar surface area (TPSA) is 55.4 Å². The van der Waals surface area contributed by atoms with Gasteiger partial charge in [0, 0.05) is 11.8 Å². The van der Waals surface area contributed by atoms with Crippen molar-refractivity contribution in [1.82, 2.24) is 0 Å². The van der Waals surface area contributed by atoms with Crippen LogP contribution in [-0.2, 0) is 14.3 Å². The third-order valence-electron chi connectivity index (χ3n) is 3.40. The van der Waals surface area contributed by atoms with E-state index in [4.69, 9.17) is 4.74 Å². The molecule has 4 heteroatoms. The molecular formula is C20H21NO3. The smallest absolute Gasteiger partial charge is 0.331 e. The van der Waals surface area contributed by atoms with Gasteiger partial charge in [0.1, 0.15) is 0 Å². The monoisotopic (exact) mass is 323 g/mol. The molecule has 0 radical (unpaired) electrons. The van der Waals surface area contributed by atoms with Crippen LogP contribution in [-0.4, -0.2) is 18.0 Å². The van der Waals surface area contributed by atoms with Crippen LogP contribution in [0.2, 0.25) is 0 Å². The average Bonchev–Trinajstić information content (AvgIpc) is 2.53. The Labute approximate surface area is 142 Å². The molecule has 0 aromatic heterocycles. The van der Waals surface area contributed by atoms with Crippen LogP contribution in [0.5, 0.6) is 0 Å². The zero-order chi connectivity index (χ0) is 17.5. The molecule has 0 aliphatic heterocycles. The summed E-state index contributed by atoms with van der Waals surface area (Å²) in [7, 11) is 0. The minimum Gasteiger partial charge on any atom is -0.449 e. The van der Waals surface area contributed by atoms with Crippen LogP contribution in [0.4, 0.5) is 5.69 Å². The Morgan fingerprint density at radius 3 is 2.38 bits per heavy atom. The fourth-order valence-electron chi connectivity index (χ4n) is 2.17. The summed E-state index contributed by atoms with van der Waals surface area (Å²) in [5.41, 5.74) is 3.73. The molecule has 0 unspecified atom stereocenters. The predicted octanol–water partition coefficient (Wildman–Crippen LogP) is 3.89. The lowest BCUT2D eigenvalue weighted by Crippen LogP contribution is -2.29. The van der Waals surface area contributed by atoms with E-state index in [-0.39, 0.29) is 5.91 Å². The Bertz CT molecular complexity index is 765. The fourth-order valence-corrected chi connectivity index (χ4v) is 2.17. The summed E-state index contributed by atoms with van der Waals surface area (Å²) in [6.07, 6.45) is 2.12. The van der Waals surface area contributed by atoms with Crippen LogP contribution >= 0.6 is 0 Å². The highest BCUT2D eigenvalue weighted by molar-refractivity contribution is 5.96. The second-order valence-electron chi connectivity index (χ2n) is 5.69. The highest BCUT2D eigenvalue weighted by atomic mass is 16.5.